The molecule has 4 N–H and O–H groups in total. The molecule has 1 saturated heterocycles. The van der Waals surface area contributed by atoms with E-state index in [0.29, 0.717) is 11.4 Å². The van der Waals surface area contributed by atoms with Crippen LogP contribution in [0.25, 0.3) is 0 Å². The molecule has 0 bridgehead atoms. The number of aryl methyl sites for hydroxylation is 1. The Bertz CT molecular complexity index is 450. The first-order valence-corrected chi connectivity index (χ1v) is 7.47. The van der Waals surface area contributed by atoms with Crippen LogP contribution in [0, 0.1) is 0 Å². The summed E-state index contributed by atoms with van der Waals surface area (Å²) in [5, 5.41) is 9.80. The number of likely N-dealkylation sites (tertiary alicyclic amines) is 1. The number of amides is 1. The Hall–Kier alpha value is -1.56. The van der Waals surface area contributed by atoms with Crippen molar-refractivity contribution in [3.63, 3.8) is 0 Å². The summed E-state index contributed by atoms with van der Waals surface area (Å²) in [5.74, 6) is -0.192. The molecule has 1 aromatic heterocycles. The van der Waals surface area contributed by atoms with E-state index < -0.39 is 0 Å². The summed E-state index contributed by atoms with van der Waals surface area (Å²) < 4.78 is 0. The lowest BCUT2D eigenvalue weighted by atomic mass is 10.1. The standard InChI is InChI=1S/C14H25N5O/c1-3-11-12(15)13(18-17-11)14(20)16-10(2)9-19-7-5-4-6-8-19/h10H,3-9,15H2,1-2H3,(H,16,20)(H,17,18). The highest BCUT2D eigenvalue weighted by Crippen LogP contribution is 2.14. The first-order valence-electron chi connectivity index (χ1n) is 7.47. The maximum absolute atomic E-state index is 12.2. The van der Waals surface area contributed by atoms with E-state index in [1.807, 2.05) is 13.8 Å². The molecule has 1 unspecified atom stereocenters. The Kier molecular flexibility index (Phi) is 5.00. The van der Waals surface area contributed by atoms with Gasteiger partial charge in [0.25, 0.3) is 5.91 Å². The number of anilines is 1. The Balaban J connectivity index is 1.88. The number of nitrogens with zero attached hydrogens (tertiary/aromatic N) is 2. The second kappa shape index (κ2) is 6.74. The number of carbonyl (C=O) groups is 1. The molecule has 1 fully saturated rings. The number of nitrogens with one attached hydrogen (secondary N) is 2. The summed E-state index contributed by atoms with van der Waals surface area (Å²) in [6.07, 6.45) is 4.58. The first kappa shape index (κ1) is 14.8. The molecular formula is C14H25N5O. The predicted molar refractivity (Wildman–Crippen MR) is 79.6 cm³/mol. The third-order valence-corrected chi connectivity index (χ3v) is 3.81. The molecule has 20 heavy (non-hydrogen) atoms. The van der Waals surface area contributed by atoms with Crippen molar-refractivity contribution in [2.24, 2.45) is 0 Å². The molecule has 1 amide bonds. The van der Waals surface area contributed by atoms with Crippen LogP contribution < -0.4 is 11.1 Å². The summed E-state index contributed by atoms with van der Waals surface area (Å²) in [7, 11) is 0. The minimum absolute atomic E-state index is 0.0989. The van der Waals surface area contributed by atoms with Gasteiger partial charge in [0.15, 0.2) is 5.69 Å². The van der Waals surface area contributed by atoms with Gasteiger partial charge in [-0.3, -0.25) is 9.89 Å². The number of aromatic amines is 1. The van der Waals surface area contributed by atoms with E-state index >= 15 is 0 Å². The van der Waals surface area contributed by atoms with Crippen LogP contribution in [0.2, 0.25) is 0 Å². The number of piperidine rings is 1. The highest BCUT2D eigenvalue weighted by molar-refractivity contribution is 5.97. The molecule has 2 rings (SSSR count). The fourth-order valence-corrected chi connectivity index (χ4v) is 2.70. The first-order chi connectivity index (χ1) is 9.61. The van der Waals surface area contributed by atoms with Crippen LogP contribution in [0.4, 0.5) is 5.69 Å². The van der Waals surface area contributed by atoms with Crippen molar-refractivity contribution in [3.05, 3.63) is 11.4 Å². The summed E-state index contributed by atoms with van der Waals surface area (Å²) >= 11 is 0. The summed E-state index contributed by atoms with van der Waals surface area (Å²) in [5.41, 5.74) is 7.51. The van der Waals surface area contributed by atoms with Crippen LogP contribution >= 0.6 is 0 Å². The Labute approximate surface area is 120 Å². The molecule has 1 aliphatic rings. The maximum atomic E-state index is 12.2. The van der Waals surface area contributed by atoms with E-state index in [0.717, 1.165) is 31.7 Å². The highest BCUT2D eigenvalue weighted by Gasteiger charge is 2.19. The highest BCUT2D eigenvalue weighted by atomic mass is 16.2. The van der Waals surface area contributed by atoms with Gasteiger partial charge >= 0.3 is 0 Å². The van der Waals surface area contributed by atoms with Gasteiger partial charge in [0.2, 0.25) is 0 Å². The summed E-state index contributed by atoms with van der Waals surface area (Å²) in [6.45, 7) is 7.15. The van der Waals surface area contributed by atoms with Gasteiger partial charge < -0.3 is 16.0 Å². The van der Waals surface area contributed by atoms with E-state index in [1.165, 1.54) is 19.3 Å². The Morgan fingerprint density at radius 2 is 2.15 bits per heavy atom. The molecule has 0 aromatic carbocycles. The Morgan fingerprint density at radius 3 is 2.75 bits per heavy atom. The Morgan fingerprint density at radius 1 is 1.45 bits per heavy atom. The molecule has 0 spiro atoms. The second-order valence-corrected chi connectivity index (χ2v) is 5.55. The lowest BCUT2D eigenvalue weighted by Crippen LogP contribution is -2.43. The van der Waals surface area contributed by atoms with Crippen LogP contribution in [0.3, 0.4) is 0 Å². The number of carbonyl (C=O) groups excluding carboxylic acids is 1. The summed E-state index contributed by atoms with van der Waals surface area (Å²) in [4.78, 5) is 14.6. The average molecular weight is 279 g/mol. The zero-order valence-corrected chi connectivity index (χ0v) is 12.4. The lowest BCUT2D eigenvalue weighted by molar-refractivity contribution is 0.0921. The molecule has 112 valence electrons. The molecule has 2 heterocycles. The van der Waals surface area contributed by atoms with Gasteiger partial charge in [0, 0.05) is 12.6 Å². The van der Waals surface area contributed by atoms with Crippen molar-refractivity contribution in [2.75, 3.05) is 25.4 Å². The smallest absolute Gasteiger partial charge is 0.274 e. The number of nitrogens with two attached hydrogens (primary N) is 1. The molecule has 1 aromatic rings. The maximum Gasteiger partial charge on any atom is 0.274 e. The van der Waals surface area contributed by atoms with Gasteiger partial charge in [-0.05, 0) is 39.3 Å². The van der Waals surface area contributed by atoms with Gasteiger partial charge in [0.05, 0.1) is 11.4 Å². The van der Waals surface area contributed by atoms with Crippen LogP contribution in [-0.2, 0) is 6.42 Å². The van der Waals surface area contributed by atoms with E-state index in [2.05, 4.69) is 20.4 Å². The SMILES string of the molecule is CCc1[nH]nc(C(=O)NC(C)CN2CCCCC2)c1N. The van der Waals surface area contributed by atoms with Crippen molar-refractivity contribution < 1.29 is 4.79 Å². The molecule has 0 saturated carbocycles. The van der Waals surface area contributed by atoms with Crippen molar-refractivity contribution in [1.82, 2.24) is 20.4 Å². The van der Waals surface area contributed by atoms with Crippen LogP contribution in [0.1, 0.15) is 49.3 Å². The average Bonchev–Trinajstić information content (AvgIpc) is 2.80. The van der Waals surface area contributed by atoms with Crippen molar-refractivity contribution in [3.8, 4) is 0 Å². The van der Waals surface area contributed by atoms with E-state index in [1.54, 1.807) is 0 Å². The minimum Gasteiger partial charge on any atom is -0.395 e. The fourth-order valence-electron chi connectivity index (χ4n) is 2.70. The third kappa shape index (κ3) is 3.50. The monoisotopic (exact) mass is 279 g/mol. The minimum atomic E-state index is -0.192. The number of hydrogen-bond acceptors (Lipinski definition) is 4. The van der Waals surface area contributed by atoms with E-state index in [9.17, 15) is 4.79 Å². The molecule has 0 aliphatic carbocycles. The largest absolute Gasteiger partial charge is 0.395 e. The van der Waals surface area contributed by atoms with Crippen molar-refractivity contribution in [1.29, 1.82) is 0 Å². The summed E-state index contributed by atoms with van der Waals surface area (Å²) in [6, 6.07) is 0.0989. The molecule has 6 heteroatoms. The number of aromatic nitrogens is 2. The van der Waals surface area contributed by atoms with Gasteiger partial charge in [-0.25, -0.2) is 0 Å². The predicted octanol–water partition coefficient (Wildman–Crippen LogP) is 1.16. The number of nitrogen functional groups attached to an aromatic ring is 1. The topological polar surface area (TPSA) is 87.0 Å². The number of hydrogen-bond donors (Lipinski definition) is 3. The van der Waals surface area contributed by atoms with Gasteiger partial charge in [0.1, 0.15) is 0 Å². The second-order valence-electron chi connectivity index (χ2n) is 5.55. The van der Waals surface area contributed by atoms with Gasteiger partial charge in [-0.15, -0.1) is 0 Å². The van der Waals surface area contributed by atoms with Crippen LogP contribution in [0.5, 0.6) is 0 Å². The zero-order valence-electron chi connectivity index (χ0n) is 12.4. The van der Waals surface area contributed by atoms with Gasteiger partial charge in [-0.2, -0.15) is 5.10 Å². The van der Waals surface area contributed by atoms with Crippen molar-refractivity contribution in [2.45, 2.75) is 45.6 Å². The van der Waals surface area contributed by atoms with E-state index in [-0.39, 0.29) is 11.9 Å². The van der Waals surface area contributed by atoms with Crippen LogP contribution in [-0.4, -0.2) is 46.7 Å². The molecular weight excluding hydrogens is 254 g/mol. The third-order valence-electron chi connectivity index (χ3n) is 3.81. The zero-order chi connectivity index (χ0) is 14.5. The van der Waals surface area contributed by atoms with E-state index in [4.69, 9.17) is 5.73 Å². The lowest BCUT2D eigenvalue weighted by Gasteiger charge is -2.29. The molecule has 6 nitrogen and oxygen atoms in total. The number of rotatable bonds is 5. The quantitative estimate of drug-likeness (QED) is 0.755. The van der Waals surface area contributed by atoms with Crippen LogP contribution in [0.15, 0.2) is 0 Å². The molecule has 1 aliphatic heterocycles. The van der Waals surface area contributed by atoms with Gasteiger partial charge in [-0.1, -0.05) is 13.3 Å². The molecule has 1 atom stereocenters. The number of H-pyrrole nitrogens is 1. The fraction of sp³-hybridized carbons (Fsp3) is 0.714. The van der Waals surface area contributed by atoms with Crippen molar-refractivity contribution >= 4 is 11.6 Å². The normalized spacial score (nSPS) is 17.9. The molecule has 0 radical (unpaired) electrons.